The predicted octanol–water partition coefficient (Wildman–Crippen LogP) is 1.87. The SMILES string of the molecule is O=C(NCCc1csc(-c2ccccc2)n1)C1CO1. The van der Waals surface area contributed by atoms with Crippen LogP contribution in [0.1, 0.15) is 5.69 Å². The molecule has 0 bridgehead atoms. The van der Waals surface area contributed by atoms with Crippen LogP contribution in [0.25, 0.3) is 10.6 Å². The molecular weight excluding hydrogens is 260 g/mol. The number of hydrogen-bond donors (Lipinski definition) is 1. The molecule has 98 valence electrons. The number of benzene rings is 1. The van der Waals surface area contributed by atoms with Gasteiger partial charge in [-0.3, -0.25) is 4.79 Å². The fourth-order valence-electron chi connectivity index (χ4n) is 1.76. The van der Waals surface area contributed by atoms with Gasteiger partial charge in [-0.25, -0.2) is 4.98 Å². The first-order valence-corrected chi connectivity index (χ1v) is 7.10. The normalized spacial score (nSPS) is 17.2. The summed E-state index contributed by atoms with van der Waals surface area (Å²) in [5.41, 5.74) is 2.15. The zero-order chi connectivity index (χ0) is 13.1. The summed E-state index contributed by atoms with van der Waals surface area (Å²) in [5, 5.41) is 5.91. The van der Waals surface area contributed by atoms with Gasteiger partial charge >= 0.3 is 0 Å². The average molecular weight is 274 g/mol. The number of carbonyl (C=O) groups excluding carboxylic acids is 1. The van der Waals surface area contributed by atoms with Crippen molar-refractivity contribution in [2.45, 2.75) is 12.5 Å². The summed E-state index contributed by atoms with van der Waals surface area (Å²) in [5.74, 6) is -0.0153. The summed E-state index contributed by atoms with van der Waals surface area (Å²) < 4.78 is 4.91. The minimum atomic E-state index is -0.213. The van der Waals surface area contributed by atoms with Crippen molar-refractivity contribution in [3.05, 3.63) is 41.4 Å². The number of amides is 1. The molecule has 1 unspecified atom stereocenters. The van der Waals surface area contributed by atoms with Crippen LogP contribution in [0.2, 0.25) is 0 Å². The number of hydrogen-bond acceptors (Lipinski definition) is 4. The van der Waals surface area contributed by atoms with Gasteiger partial charge in [-0.15, -0.1) is 11.3 Å². The van der Waals surface area contributed by atoms with Crippen LogP contribution >= 0.6 is 11.3 Å². The molecule has 5 heteroatoms. The minimum absolute atomic E-state index is 0.0153. The van der Waals surface area contributed by atoms with E-state index in [1.807, 2.05) is 23.6 Å². The molecule has 1 saturated heterocycles. The number of nitrogens with zero attached hydrogens (tertiary/aromatic N) is 1. The van der Waals surface area contributed by atoms with Gasteiger partial charge < -0.3 is 10.1 Å². The van der Waals surface area contributed by atoms with E-state index in [2.05, 4.69) is 22.4 Å². The monoisotopic (exact) mass is 274 g/mol. The molecule has 1 atom stereocenters. The summed E-state index contributed by atoms with van der Waals surface area (Å²) in [7, 11) is 0. The Morgan fingerprint density at radius 2 is 2.21 bits per heavy atom. The zero-order valence-corrected chi connectivity index (χ0v) is 11.2. The molecule has 4 nitrogen and oxygen atoms in total. The van der Waals surface area contributed by atoms with Gasteiger partial charge in [-0.2, -0.15) is 0 Å². The van der Waals surface area contributed by atoms with Gasteiger partial charge in [0.05, 0.1) is 12.3 Å². The van der Waals surface area contributed by atoms with Crippen molar-refractivity contribution in [1.82, 2.24) is 10.3 Å². The molecule has 1 aromatic carbocycles. The molecule has 0 radical (unpaired) electrons. The maximum absolute atomic E-state index is 11.4. The second-order valence-corrected chi connectivity index (χ2v) is 5.23. The topological polar surface area (TPSA) is 54.5 Å². The van der Waals surface area contributed by atoms with Gasteiger partial charge in [0, 0.05) is 23.9 Å². The Morgan fingerprint density at radius 1 is 1.42 bits per heavy atom. The first-order valence-electron chi connectivity index (χ1n) is 6.22. The molecule has 2 heterocycles. The molecule has 0 spiro atoms. The number of aromatic nitrogens is 1. The second kappa shape index (κ2) is 5.50. The van der Waals surface area contributed by atoms with E-state index in [4.69, 9.17) is 4.74 Å². The molecule has 3 rings (SSSR count). The highest BCUT2D eigenvalue weighted by Crippen LogP contribution is 2.23. The number of rotatable bonds is 5. The largest absolute Gasteiger partial charge is 0.363 e. The van der Waals surface area contributed by atoms with Gasteiger partial charge in [0.15, 0.2) is 6.10 Å². The van der Waals surface area contributed by atoms with Crippen molar-refractivity contribution in [3.8, 4) is 10.6 Å². The summed E-state index contributed by atoms with van der Waals surface area (Å²) in [6.45, 7) is 1.16. The minimum Gasteiger partial charge on any atom is -0.363 e. The molecule has 0 saturated carbocycles. The molecule has 1 aliphatic rings. The third-order valence-electron chi connectivity index (χ3n) is 2.88. The smallest absolute Gasteiger partial charge is 0.251 e. The van der Waals surface area contributed by atoms with Crippen LogP contribution in [0.15, 0.2) is 35.7 Å². The Kier molecular flexibility index (Phi) is 3.57. The first-order chi connectivity index (χ1) is 9.33. The van der Waals surface area contributed by atoms with Gasteiger partial charge in [0.2, 0.25) is 0 Å². The lowest BCUT2D eigenvalue weighted by atomic mass is 10.2. The third-order valence-corrected chi connectivity index (χ3v) is 3.82. The lowest BCUT2D eigenvalue weighted by Crippen LogP contribution is -2.29. The molecule has 0 aliphatic carbocycles. The molecular formula is C14H14N2O2S. The summed E-state index contributed by atoms with van der Waals surface area (Å²) in [6, 6.07) is 10.1. The second-order valence-electron chi connectivity index (χ2n) is 4.37. The van der Waals surface area contributed by atoms with Crippen LogP contribution in [-0.4, -0.2) is 30.1 Å². The van der Waals surface area contributed by atoms with E-state index in [0.717, 1.165) is 22.7 Å². The molecule has 1 aromatic heterocycles. The Bertz CT molecular complexity index is 564. The maximum Gasteiger partial charge on any atom is 0.251 e. The van der Waals surface area contributed by atoms with E-state index in [1.54, 1.807) is 11.3 Å². The maximum atomic E-state index is 11.4. The lowest BCUT2D eigenvalue weighted by molar-refractivity contribution is -0.122. The van der Waals surface area contributed by atoms with Crippen molar-refractivity contribution in [3.63, 3.8) is 0 Å². The molecule has 19 heavy (non-hydrogen) atoms. The fraction of sp³-hybridized carbons (Fsp3) is 0.286. The van der Waals surface area contributed by atoms with E-state index in [0.29, 0.717) is 13.2 Å². The van der Waals surface area contributed by atoms with Crippen LogP contribution in [0.5, 0.6) is 0 Å². The standard InChI is InChI=1S/C14H14N2O2S/c17-13(12-8-18-12)15-7-6-11-9-19-14(16-11)10-4-2-1-3-5-10/h1-5,9,12H,6-8H2,(H,15,17). The highest BCUT2D eigenvalue weighted by Gasteiger charge is 2.30. The highest BCUT2D eigenvalue weighted by molar-refractivity contribution is 7.13. The highest BCUT2D eigenvalue weighted by atomic mass is 32.1. The van der Waals surface area contributed by atoms with E-state index in [-0.39, 0.29) is 12.0 Å². The summed E-state index contributed by atoms with van der Waals surface area (Å²) >= 11 is 1.63. The quantitative estimate of drug-likeness (QED) is 0.847. The van der Waals surface area contributed by atoms with Crippen LogP contribution in [0, 0.1) is 0 Å². The summed E-state index contributed by atoms with van der Waals surface area (Å²) in [4.78, 5) is 15.9. The van der Waals surface area contributed by atoms with Crippen molar-refractivity contribution in [2.75, 3.05) is 13.2 Å². The van der Waals surface area contributed by atoms with Crippen molar-refractivity contribution < 1.29 is 9.53 Å². The number of nitrogens with one attached hydrogen (secondary N) is 1. The predicted molar refractivity (Wildman–Crippen MR) is 74.0 cm³/mol. The van der Waals surface area contributed by atoms with Crippen LogP contribution in [0.3, 0.4) is 0 Å². The van der Waals surface area contributed by atoms with E-state index in [9.17, 15) is 4.79 Å². The van der Waals surface area contributed by atoms with Gasteiger partial charge in [-0.05, 0) is 0 Å². The number of carbonyl (C=O) groups is 1. The van der Waals surface area contributed by atoms with Gasteiger partial charge in [0.25, 0.3) is 5.91 Å². The summed E-state index contributed by atoms with van der Waals surface area (Å²) in [6.07, 6.45) is 0.539. The zero-order valence-electron chi connectivity index (χ0n) is 10.3. The van der Waals surface area contributed by atoms with E-state index >= 15 is 0 Å². The van der Waals surface area contributed by atoms with Gasteiger partial charge in [0.1, 0.15) is 5.01 Å². The van der Waals surface area contributed by atoms with Crippen molar-refractivity contribution in [1.29, 1.82) is 0 Å². The van der Waals surface area contributed by atoms with Crippen LogP contribution < -0.4 is 5.32 Å². The van der Waals surface area contributed by atoms with E-state index < -0.39 is 0 Å². The Balaban J connectivity index is 1.54. The lowest BCUT2D eigenvalue weighted by Gasteiger charge is -2.00. The molecule has 1 aliphatic heterocycles. The van der Waals surface area contributed by atoms with Crippen LogP contribution in [0.4, 0.5) is 0 Å². The molecule has 1 fully saturated rings. The van der Waals surface area contributed by atoms with Crippen molar-refractivity contribution in [2.24, 2.45) is 0 Å². The van der Waals surface area contributed by atoms with Gasteiger partial charge in [-0.1, -0.05) is 30.3 Å². The molecule has 1 N–H and O–H groups in total. The number of ether oxygens (including phenoxy) is 1. The average Bonchev–Trinajstić information content (AvgIpc) is 3.20. The number of epoxide rings is 1. The van der Waals surface area contributed by atoms with Crippen molar-refractivity contribution >= 4 is 17.2 Å². The number of thiazole rings is 1. The first kappa shape index (κ1) is 12.3. The fourth-order valence-corrected chi connectivity index (χ4v) is 2.62. The Hall–Kier alpha value is -1.72. The Morgan fingerprint density at radius 3 is 2.95 bits per heavy atom. The molecule has 2 aromatic rings. The third kappa shape index (κ3) is 3.19. The van der Waals surface area contributed by atoms with Crippen LogP contribution in [-0.2, 0) is 16.0 Å². The molecule has 1 amide bonds. The van der Waals surface area contributed by atoms with E-state index in [1.165, 1.54) is 0 Å². The Labute approximate surface area is 115 Å².